The summed E-state index contributed by atoms with van der Waals surface area (Å²) in [7, 11) is -2.25. The standard InChI is InChI=1S/C20H24FN5O5S/c1-24-9-3-11-26(32(24,30)31)15-4-2-10-25-18(15)23-16(17(27)20(25)29)19(28)22-12-13-5-7-14(21)8-6-13/h5-8,15-16H,2-4,9-12H2,1H3,(H,22,28)/t15-,16?/m1/s1. The number of hydrogen-bond acceptors (Lipinski definition) is 6. The quantitative estimate of drug-likeness (QED) is 0.482. The Hall–Kier alpha value is -2.70. The van der Waals surface area contributed by atoms with Crippen LogP contribution in [0.5, 0.6) is 0 Å². The van der Waals surface area contributed by atoms with E-state index in [4.69, 9.17) is 0 Å². The van der Waals surface area contributed by atoms with Crippen LogP contribution in [0.4, 0.5) is 4.39 Å². The third-order valence-corrected chi connectivity index (χ3v) is 7.92. The molecule has 172 valence electrons. The molecule has 0 radical (unpaired) electrons. The highest BCUT2D eigenvalue weighted by atomic mass is 32.2. The van der Waals surface area contributed by atoms with Gasteiger partial charge in [0.1, 0.15) is 11.7 Å². The Kier molecular flexibility index (Phi) is 6.10. The molecule has 1 aromatic carbocycles. The van der Waals surface area contributed by atoms with Crippen molar-refractivity contribution in [2.45, 2.75) is 37.9 Å². The molecule has 10 nitrogen and oxygen atoms in total. The minimum Gasteiger partial charge on any atom is -0.350 e. The Morgan fingerprint density at radius 2 is 1.88 bits per heavy atom. The van der Waals surface area contributed by atoms with Crippen LogP contribution in [-0.2, 0) is 31.1 Å². The largest absolute Gasteiger partial charge is 0.350 e. The number of rotatable bonds is 4. The average molecular weight is 466 g/mol. The van der Waals surface area contributed by atoms with Gasteiger partial charge in [-0.2, -0.15) is 17.0 Å². The van der Waals surface area contributed by atoms with Gasteiger partial charge in [0.2, 0.25) is 0 Å². The van der Waals surface area contributed by atoms with Gasteiger partial charge in [-0.1, -0.05) is 12.1 Å². The van der Waals surface area contributed by atoms with Gasteiger partial charge in [-0.05, 0) is 37.0 Å². The molecule has 2 fully saturated rings. The van der Waals surface area contributed by atoms with Gasteiger partial charge < -0.3 is 5.32 Å². The molecule has 1 N–H and O–H groups in total. The van der Waals surface area contributed by atoms with E-state index in [1.54, 1.807) is 0 Å². The summed E-state index contributed by atoms with van der Waals surface area (Å²) in [6, 6.07) is 3.17. The van der Waals surface area contributed by atoms with E-state index in [0.29, 0.717) is 31.4 Å². The topological polar surface area (TPSA) is 119 Å². The summed E-state index contributed by atoms with van der Waals surface area (Å²) in [6.07, 6.45) is 1.57. The molecule has 0 bridgehead atoms. The number of hydrogen-bond donors (Lipinski definition) is 1. The summed E-state index contributed by atoms with van der Waals surface area (Å²) in [5.74, 6) is -2.85. The summed E-state index contributed by atoms with van der Waals surface area (Å²) in [6.45, 7) is 0.940. The lowest BCUT2D eigenvalue weighted by Crippen LogP contribution is -2.64. The Labute approximate surface area is 185 Å². The highest BCUT2D eigenvalue weighted by molar-refractivity contribution is 7.86. The molecule has 32 heavy (non-hydrogen) atoms. The molecule has 4 rings (SSSR count). The molecular formula is C20H24FN5O5S. The first-order valence-corrected chi connectivity index (χ1v) is 11.8. The summed E-state index contributed by atoms with van der Waals surface area (Å²) in [5, 5.41) is 2.55. The number of carbonyl (C=O) groups excluding carboxylic acids is 3. The number of nitrogens with one attached hydrogen (secondary N) is 1. The number of amidine groups is 1. The van der Waals surface area contributed by atoms with Crippen molar-refractivity contribution in [1.29, 1.82) is 0 Å². The van der Waals surface area contributed by atoms with Crippen molar-refractivity contribution in [3.63, 3.8) is 0 Å². The number of ketones is 1. The Morgan fingerprint density at radius 1 is 1.16 bits per heavy atom. The van der Waals surface area contributed by atoms with E-state index in [-0.39, 0.29) is 25.5 Å². The zero-order valence-electron chi connectivity index (χ0n) is 17.5. The van der Waals surface area contributed by atoms with Crippen molar-refractivity contribution in [3.05, 3.63) is 35.6 Å². The van der Waals surface area contributed by atoms with Crippen molar-refractivity contribution in [2.75, 3.05) is 26.7 Å². The predicted molar refractivity (Wildman–Crippen MR) is 112 cm³/mol. The minimum atomic E-state index is -3.74. The second-order valence-electron chi connectivity index (χ2n) is 8.01. The molecule has 2 amide bonds. The van der Waals surface area contributed by atoms with Gasteiger partial charge in [0.25, 0.3) is 27.8 Å². The summed E-state index contributed by atoms with van der Waals surface area (Å²) >= 11 is 0. The maximum absolute atomic E-state index is 13.1. The maximum atomic E-state index is 13.1. The molecule has 3 aliphatic heterocycles. The van der Waals surface area contributed by atoms with Crippen LogP contribution in [0.25, 0.3) is 0 Å². The molecule has 0 aromatic heterocycles. The van der Waals surface area contributed by atoms with Gasteiger partial charge in [0.15, 0.2) is 6.04 Å². The number of aliphatic imine (C=N–C) groups is 1. The Morgan fingerprint density at radius 3 is 2.59 bits per heavy atom. The molecular weight excluding hydrogens is 441 g/mol. The Bertz CT molecular complexity index is 1070. The van der Waals surface area contributed by atoms with Gasteiger partial charge in [-0.25, -0.2) is 9.38 Å². The van der Waals surface area contributed by atoms with Gasteiger partial charge >= 0.3 is 0 Å². The average Bonchev–Trinajstić information content (AvgIpc) is 2.77. The normalized spacial score (nSPS) is 26.4. The molecule has 2 saturated heterocycles. The first kappa shape index (κ1) is 22.5. The zero-order valence-corrected chi connectivity index (χ0v) is 18.3. The third kappa shape index (κ3) is 4.05. The molecule has 3 aliphatic rings. The lowest BCUT2D eigenvalue weighted by Gasteiger charge is -2.44. The maximum Gasteiger partial charge on any atom is 0.298 e. The fraction of sp³-hybridized carbons (Fsp3) is 0.500. The van der Waals surface area contributed by atoms with E-state index < -0.39 is 45.7 Å². The molecule has 3 heterocycles. The van der Waals surface area contributed by atoms with E-state index in [2.05, 4.69) is 10.3 Å². The molecule has 0 spiro atoms. The number of Topliss-reactive ketones (excluding diaryl/α,β-unsaturated/α-hetero) is 1. The summed E-state index contributed by atoms with van der Waals surface area (Å²) in [4.78, 5) is 43.5. The lowest BCUT2D eigenvalue weighted by molar-refractivity contribution is -0.146. The van der Waals surface area contributed by atoms with Gasteiger partial charge in [0, 0.05) is 33.2 Å². The monoisotopic (exact) mass is 465 g/mol. The van der Waals surface area contributed by atoms with Crippen molar-refractivity contribution in [2.24, 2.45) is 4.99 Å². The number of carbonyl (C=O) groups is 3. The molecule has 1 aromatic rings. The molecule has 2 atom stereocenters. The third-order valence-electron chi connectivity index (χ3n) is 5.92. The second-order valence-corrected chi connectivity index (χ2v) is 9.99. The SMILES string of the molecule is CN1CCCN([C@@H]2CCCN3C(=O)C(=O)C(C(=O)NCc4ccc(F)cc4)N=C23)S1(=O)=O. The number of amides is 2. The summed E-state index contributed by atoms with van der Waals surface area (Å²) in [5.41, 5.74) is 0.613. The highest BCUT2D eigenvalue weighted by Gasteiger charge is 2.48. The van der Waals surface area contributed by atoms with Crippen LogP contribution in [-0.4, -0.2) is 84.1 Å². The number of fused-ring (bicyclic) bond motifs is 1. The van der Waals surface area contributed by atoms with Crippen LogP contribution in [0.3, 0.4) is 0 Å². The van der Waals surface area contributed by atoms with E-state index in [0.717, 1.165) is 0 Å². The first-order valence-electron chi connectivity index (χ1n) is 10.4. The number of benzene rings is 1. The van der Waals surface area contributed by atoms with Crippen molar-refractivity contribution in [3.8, 4) is 0 Å². The second kappa shape index (κ2) is 8.68. The highest BCUT2D eigenvalue weighted by Crippen LogP contribution is 2.28. The molecule has 12 heteroatoms. The van der Waals surface area contributed by atoms with E-state index in [1.165, 1.54) is 44.8 Å². The van der Waals surface area contributed by atoms with E-state index >= 15 is 0 Å². The van der Waals surface area contributed by atoms with Crippen LogP contribution in [0.2, 0.25) is 0 Å². The van der Waals surface area contributed by atoms with E-state index in [9.17, 15) is 27.2 Å². The Balaban J connectivity index is 1.59. The number of piperidine rings is 1. The molecule has 0 saturated carbocycles. The van der Waals surface area contributed by atoms with Crippen LogP contribution in [0, 0.1) is 5.82 Å². The van der Waals surface area contributed by atoms with E-state index in [1.807, 2.05) is 0 Å². The molecule has 1 unspecified atom stereocenters. The number of halogens is 1. The van der Waals surface area contributed by atoms with Crippen LogP contribution >= 0.6 is 0 Å². The fourth-order valence-electron chi connectivity index (χ4n) is 4.18. The fourth-order valence-corrected chi connectivity index (χ4v) is 5.78. The van der Waals surface area contributed by atoms with Crippen LogP contribution < -0.4 is 5.32 Å². The van der Waals surface area contributed by atoms with Crippen molar-refractivity contribution >= 4 is 33.6 Å². The van der Waals surface area contributed by atoms with Gasteiger partial charge in [0.05, 0.1) is 6.04 Å². The minimum absolute atomic E-state index is 0.0282. The zero-order chi connectivity index (χ0) is 23.0. The lowest BCUT2D eigenvalue weighted by atomic mass is 9.98. The van der Waals surface area contributed by atoms with Crippen LogP contribution in [0.15, 0.2) is 29.3 Å². The van der Waals surface area contributed by atoms with Gasteiger partial charge in [-0.15, -0.1) is 0 Å². The van der Waals surface area contributed by atoms with Crippen molar-refractivity contribution < 1.29 is 27.2 Å². The first-order chi connectivity index (χ1) is 15.2. The smallest absolute Gasteiger partial charge is 0.298 e. The number of nitrogens with zero attached hydrogens (tertiary/aromatic N) is 4. The van der Waals surface area contributed by atoms with Gasteiger partial charge in [-0.3, -0.25) is 19.3 Å². The summed E-state index contributed by atoms with van der Waals surface area (Å²) < 4.78 is 41.3. The van der Waals surface area contributed by atoms with Crippen LogP contribution in [0.1, 0.15) is 24.8 Å². The van der Waals surface area contributed by atoms with Crippen molar-refractivity contribution in [1.82, 2.24) is 18.8 Å². The molecule has 0 aliphatic carbocycles. The predicted octanol–water partition coefficient (Wildman–Crippen LogP) is -0.335.